The molecule has 6 aromatic rings. The van der Waals surface area contributed by atoms with E-state index in [4.69, 9.17) is 0 Å². The van der Waals surface area contributed by atoms with Crippen molar-refractivity contribution < 1.29 is 65.4 Å². The summed E-state index contributed by atoms with van der Waals surface area (Å²) in [5.41, 5.74) is 5.47. The molecule has 0 aliphatic carbocycles. The van der Waals surface area contributed by atoms with Crippen molar-refractivity contribution in [2.24, 2.45) is 20.5 Å². The first-order valence-electron chi connectivity index (χ1n) is 12.1. The summed E-state index contributed by atoms with van der Waals surface area (Å²) in [6.07, 6.45) is 0.825. The van der Waals surface area contributed by atoms with Gasteiger partial charge in [-0.05, 0) is 41.8 Å². The van der Waals surface area contributed by atoms with Gasteiger partial charge >= 0.3 is 0 Å². The van der Waals surface area contributed by atoms with Gasteiger partial charge in [0.15, 0.2) is 0 Å². The predicted octanol–water partition coefficient (Wildman–Crippen LogP) is 10.0. The molecule has 0 unspecified atom stereocenters. The van der Waals surface area contributed by atoms with Crippen LogP contribution in [0.1, 0.15) is 11.1 Å². The third-order valence-corrected chi connectivity index (χ3v) is 6.12. The molecule has 0 bridgehead atoms. The van der Waals surface area contributed by atoms with Crippen molar-refractivity contribution in [2.75, 3.05) is 0 Å². The van der Waals surface area contributed by atoms with Crippen LogP contribution in [0.25, 0.3) is 21.5 Å². The van der Waals surface area contributed by atoms with Gasteiger partial charge in [0.1, 0.15) is 0 Å². The summed E-state index contributed by atoms with van der Waals surface area (Å²) in [5, 5.41) is 21.8. The number of hydrogen-bond acceptors (Lipinski definition) is 4. The molecule has 0 aromatic heterocycles. The van der Waals surface area contributed by atoms with Gasteiger partial charge in [0.25, 0.3) is 0 Å². The van der Waals surface area contributed by atoms with E-state index in [2.05, 4.69) is 69.0 Å². The molecule has 0 fully saturated rings. The molecule has 0 amide bonds. The Morgan fingerprint density at radius 3 is 1.26 bits per heavy atom. The fraction of sp³-hybridized carbons (Fsp3) is 0.0303. The second kappa shape index (κ2) is 14.0. The minimum absolute atomic E-state index is 0. The first-order chi connectivity index (χ1) is 18.3. The maximum atomic E-state index is 4.37. The van der Waals surface area contributed by atoms with Crippen LogP contribution in [0.3, 0.4) is 0 Å². The van der Waals surface area contributed by atoms with E-state index >= 15 is 0 Å². The summed E-state index contributed by atoms with van der Waals surface area (Å²) >= 11 is 0. The fourth-order valence-corrected chi connectivity index (χ4v) is 4.15. The zero-order chi connectivity index (χ0) is 24.9. The van der Waals surface area contributed by atoms with Crippen LogP contribution in [0.2, 0.25) is 0 Å². The van der Waals surface area contributed by atoms with Gasteiger partial charge in [-0.2, -0.15) is 20.5 Å². The van der Waals surface area contributed by atoms with Crippen molar-refractivity contribution in [1.82, 2.24) is 0 Å². The topological polar surface area (TPSA) is 49.4 Å². The molecule has 2 radical (unpaired) electrons. The number of fused-ring (bicyclic) bond motifs is 2. The quantitative estimate of drug-likeness (QED) is 0.127. The maximum Gasteiger partial charge on any atom is 0.0856 e. The minimum atomic E-state index is 0. The van der Waals surface area contributed by atoms with Crippen LogP contribution in [0, 0.1) is 12.1 Å². The second-order valence-electron chi connectivity index (χ2n) is 8.77. The molecule has 182 valence electrons. The van der Waals surface area contributed by atoms with Crippen molar-refractivity contribution in [3.63, 3.8) is 0 Å². The molecule has 0 N–H and O–H groups in total. The molecule has 0 saturated heterocycles. The molecule has 6 aromatic carbocycles. The summed E-state index contributed by atoms with van der Waals surface area (Å²) in [6, 6.07) is 47.1. The average Bonchev–Trinajstić information content (AvgIpc) is 2.96. The van der Waals surface area contributed by atoms with Crippen LogP contribution in [-0.4, -0.2) is 0 Å². The molecular weight excluding hydrogens is 630 g/mol. The van der Waals surface area contributed by atoms with E-state index in [1.54, 1.807) is 0 Å². The van der Waals surface area contributed by atoms with Crippen LogP contribution in [0.5, 0.6) is 0 Å². The van der Waals surface area contributed by atoms with Gasteiger partial charge in [0, 0.05) is 76.8 Å². The summed E-state index contributed by atoms with van der Waals surface area (Å²) in [5.74, 6) is 0. The Bertz CT molecular complexity index is 1610. The van der Waals surface area contributed by atoms with Crippen LogP contribution in [-0.2, 0) is 71.8 Å². The molecule has 0 aliphatic heterocycles. The third kappa shape index (κ3) is 7.68. The summed E-state index contributed by atoms with van der Waals surface area (Å²) in [7, 11) is 0. The maximum absolute atomic E-state index is 4.37. The van der Waals surface area contributed by atoms with Crippen molar-refractivity contribution in [2.45, 2.75) is 6.42 Å². The molecule has 0 saturated carbocycles. The molecule has 4 nitrogen and oxygen atoms in total. The van der Waals surface area contributed by atoms with Crippen molar-refractivity contribution in [1.29, 1.82) is 0 Å². The van der Waals surface area contributed by atoms with Crippen molar-refractivity contribution in [3.05, 3.63) is 145 Å². The van der Waals surface area contributed by atoms with Gasteiger partial charge in [-0.1, -0.05) is 48.5 Å². The monoisotopic (exact) mass is 652 g/mol. The molecule has 6 rings (SSSR count). The summed E-state index contributed by atoms with van der Waals surface area (Å²) in [4.78, 5) is 0. The number of rotatable bonds is 6. The van der Waals surface area contributed by atoms with E-state index in [1.807, 2.05) is 84.9 Å². The molecule has 0 heterocycles. The predicted molar refractivity (Wildman–Crippen MR) is 150 cm³/mol. The smallest absolute Gasteiger partial charge is 0.0856 e. The molecule has 39 heavy (non-hydrogen) atoms. The number of hydrogen-bond donors (Lipinski definition) is 0. The Morgan fingerprint density at radius 2 is 0.821 bits per heavy atom. The Labute approximate surface area is 278 Å². The molecular formula is C33H22N4Y2-2. The third-order valence-electron chi connectivity index (χ3n) is 6.12. The molecule has 6 heteroatoms. The second-order valence-corrected chi connectivity index (χ2v) is 8.77. The Hall–Kier alpha value is -2.75. The first-order valence-corrected chi connectivity index (χ1v) is 12.1. The van der Waals surface area contributed by atoms with E-state index in [-0.39, 0.29) is 65.4 Å². The Balaban J connectivity index is 0.00000176. The fourth-order valence-electron chi connectivity index (χ4n) is 4.15. The standard InChI is InChI=1S/C33H22N4.2Y/c1-3-7-28-22-32(19-13-26(28)5-1)36-34-30-15-9-24(10-16-30)21-25-11-17-31(18-12-25)35-37-33-20-14-27-6-2-4-8-29(27)23-33;;/h1-20H,21H2;;/q-2;;. The van der Waals surface area contributed by atoms with Gasteiger partial charge < -0.3 is 0 Å². The minimum Gasteiger partial charge on any atom is -0.171 e. The van der Waals surface area contributed by atoms with Gasteiger partial charge in [0.2, 0.25) is 0 Å². The summed E-state index contributed by atoms with van der Waals surface area (Å²) < 4.78 is 0. The van der Waals surface area contributed by atoms with Gasteiger partial charge in [-0.25, -0.2) is 0 Å². The Kier molecular flexibility index (Phi) is 10.5. The average molecular weight is 652 g/mol. The summed E-state index contributed by atoms with van der Waals surface area (Å²) in [6.45, 7) is 0. The number of nitrogens with zero attached hydrogens (tertiary/aromatic N) is 4. The van der Waals surface area contributed by atoms with Crippen LogP contribution < -0.4 is 0 Å². The van der Waals surface area contributed by atoms with E-state index in [0.29, 0.717) is 0 Å². The Morgan fingerprint density at radius 1 is 0.410 bits per heavy atom. The van der Waals surface area contributed by atoms with Crippen molar-refractivity contribution >= 4 is 44.3 Å². The van der Waals surface area contributed by atoms with E-state index in [0.717, 1.165) is 50.7 Å². The van der Waals surface area contributed by atoms with Crippen LogP contribution in [0.4, 0.5) is 22.7 Å². The molecule has 0 spiro atoms. The number of benzene rings is 6. The van der Waals surface area contributed by atoms with E-state index < -0.39 is 0 Å². The zero-order valence-electron chi connectivity index (χ0n) is 21.2. The first kappa shape index (κ1) is 29.2. The van der Waals surface area contributed by atoms with Gasteiger partial charge in [-0.15, -0.1) is 82.2 Å². The van der Waals surface area contributed by atoms with Gasteiger partial charge in [0.05, 0.1) is 11.4 Å². The largest absolute Gasteiger partial charge is 0.171 e. The van der Waals surface area contributed by atoms with Crippen LogP contribution >= 0.6 is 0 Å². The van der Waals surface area contributed by atoms with Crippen LogP contribution in [0.15, 0.2) is 142 Å². The SMILES string of the molecule is [Y].[Y].[c-]1c(N=Nc2ccc(Cc3ccc(N=Nc4[c-]c5ccccc5cc4)cc3)cc2)ccc2ccccc12. The molecule has 0 atom stereocenters. The normalized spacial score (nSPS) is 11.1. The number of azo groups is 2. The van der Waals surface area contributed by atoms with Crippen molar-refractivity contribution in [3.8, 4) is 0 Å². The van der Waals surface area contributed by atoms with Gasteiger partial charge in [-0.3, -0.25) is 0 Å². The van der Waals surface area contributed by atoms with E-state index in [1.165, 1.54) is 11.1 Å². The zero-order valence-corrected chi connectivity index (χ0v) is 26.9. The molecule has 0 aliphatic rings. The van der Waals surface area contributed by atoms with E-state index in [9.17, 15) is 0 Å².